The predicted molar refractivity (Wildman–Crippen MR) is 104 cm³/mol. The number of benzene rings is 1. The van der Waals surface area contributed by atoms with E-state index in [-0.39, 0.29) is 5.75 Å². The Morgan fingerprint density at radius 2 is 1.96 bits per heavy atom. The first kappa shape index (κ1) is 18.2. The van der Waals surface area contributed by atoms with Crippen LogP contribution >= 0.6 is 0 Å². The number of rotatable bonds is 3. The van der Waals surface area contributed by atoms with Crippen LogP contribution < -0.4 is 5.73 Å². The lowest BCUT2D eigenvalue weighted by molar-refractivity contribution is 0.172. The van der Waals surface area contributed by atoms with Crippen molar-refractivity contribution < 1.29 is 5.11 Å². The van der Waals surface area contributed by atoms with Gasteiger partial charge in [-0.15, -0.1) is 0 Å². The number of phenols is 1. The normalized spacial score (nSPS) is 16.0. The molecule has 1 fully saturated rings. The fourth-order valence-electron chi connectivity index (χ4n) is 3.83. The number of hydrogen-bond donors (Lipinski definition) is 2. The van der Waals surface area contributed by atoms with E-state index in [9.17, 15) is 10.4 Å². The van der Waals surface area contributed by atoms with Crippen molar-refractivity contribution in [3.05, 3.63) is 41.0 Å². The van der Waals surface area contributed by atoms with Crippen LogP contribution in [0.5, 0.6) is 5.75 Å². The van der Waals surface area contributed by atoms with Gasteiger partial charge in [0.15, 0.2) is 0 Å². The molecule has 1 aliphatic heterocycles. The zero-order chi connectivity index (χ0) is 18.8. The van der Waals surface area contributed by atoms with E-state index in [1.165, 1.54) is 0 Å². The van der Waals surface area contributed by atoms with Crippen LogP contribution in [-0.4, -0.2) is 34.1 Å². The molecule has 0 amide bonds. The maximum absolute atomic E-state index is 9.66. The van der Waals surface area contributed by atoms with E-state index in [0.29, 0.717) is 23.3 Å². The lowest BCUT2D eigenvalue weighted by Crippen LogP contribution is -2.38. The second-order valence-corrected chi connectivity index (χ2v) is 7.37. The maximum atomic E-state index is 9.66. The van der Waals surface area contributed by atoms with Crippen molar-refractivity contribution >= 4 is 5.82 Å². The number of anilines is 1. The van der Waals surface area contributed by atoms with Crippen LogP contribution in [0.2, 0.25) is 0 Å². The summed E-state index contributed by atoms with van der Waals surface area (Å²) in [5, 5.41) is 19.3. The minimum atomic E-state index is 0.231. The molecule has 0 unspecified atom stereocenters. The number of nitrogen functional groups attached to an aromatic ring is 1. The number of aromatic nitrogens is 1. The molecule has 0 saturated carbocycles. The summed E-state index contributed by atoms with van der Waals surface area (Å²) in [7, 11) is 0. The van der Waals surface area contributed by atoms with Crippen LogP contribution in [0.4, 0.5) is 5.82 Å². The Morgan fingerprint density at radius 3 is 2.54 bits per heavy atom. The SMILES string of the molecule is Cc1cc(O)ccc1-c1cc(C2CCN(C(C)C)CC2)c(C#N)c(N)n1. The second-order valence-electron chi connectivity index (χ2n) is 7.37. The smallest absolute Gasteiger partial charge is 0.142 e. The Balaban J connectivity index is 2.00. The van der Waals surface area contributed by atoms with Gasteiger partial charge in [-0.1, -0.05) is 0 Å². The summed E-state index contributed by atoms with van der Waals surface area (Å²) in [6.45, 7) is 8.44. The van der Waals surface area contributed by atoms with E-state index in [2.05, 4.69) is 29.8 Å². The monoisotopic (exact) mass is 350 g/mol. The van der Waals surface area contributed by atoms with Gasteiger partial charge in [0.25, 0.3) is 0 Å². The third-order valence-corrected chi connectivity index (χ3v) is 5.38. The van der Waals surface area contributed by atoms with Gasteiger partial charge in [0, 0.05) is 11.6 Å². The molecule has 1 aromatic heterocycles. The van der Waals surface area contributed by atoms with Crippen LogP contribution in [-0.2, 0) is 0 Å². The Bertz CT molecular complexity index is 846. The average molecular weight is 350 g/mol. The number of nitrogens with zero attached hydrogens (tertiary/aromatic N) is 3. The quantitative estimate of drug-likeness (QED) is 0.879. The van der Waals surface area contributed by atoms with Gasteiger partial charge in [0.05, 0.1) is 11.3 Å². The molecule has 136 valence electrons. The molecule has 1 aromatic carbocycles. The van der Waals surface area contributed by atoms with Gasteiger partial charge in [-0.25, -0.2) is 4.98 Å². The van der Waals surface area contributed by atoms with Crippen molar-refractivity contribution in [3.63, 3.8) is 0 Å². The van der Waals surface area contributed by atoms with Crippen LogP contribution in [0.15, 0.2) is 24.3 Å². The highest BCUT2D eigenvalue weighted by Gasteiger charge is 2.26. The highest BCUT2D eigenvalue weighted by Crippen LogP contribution is 2.36. The van der Waals surface area contributed by atoms with Gasteiger partial charge >= 0.3 is 0 Å². The van der Waals surface area contributed by atoms with Crippen molar-refractivity contribution in [2.45, 2.75) is 45.6 Å². The summed E-state index contributed by atoms with van der Waals surface area (Å²) in [5.74, 6) is 0.842. The van der Waals surface area contributed by atoms with E-state index in [1.807, 2.05) is 19.1 Å². The van der Waals surface area contributed by atoms with Crippen molar-refractivity contribution in [1.29, 1.82) is 5.26 Å². The summed E-state index contributed by atoms with van der Waals surface area (Å²) in [6, 6.07) is 10.0. The summed E-state index contributed by atoms with van der Waals surface area (Å²) in [4.78, 5) is 6.94. The highest BCUT2D eigenvalue weighted by atomic mass is 16.3. The summed E-state index contributed by atoms with van der Waals surface area (Å²) >= 11 is 0. The molecule has 5 nitrogen and oxygen atoms in total. The molecule has 1 aliphatic rings. The topological polar surface area (TPSA) is 86.2 Å². The lowest BCUT2D eigenvalue weighted by Gasteiger charge is -2.35. The van der Waals surface area contributed by atoms with Gasteiger partial charge < -0.3 is 15.7 Å². The fraction of sp³-hybridized carbons (Fsp3) is 0.429. The van der Waals surface area contributed by atoms with E-state index in [1.54, 1.807) is 12.1 Å². The fourth-order valence-corrected chi connectivity index (χ4v) is 3.83. The van der Waals surface area contributed by atoms with Crippen molar-refractivity contribution in [3.8, 4) is 23.1 Å². The van der Waals surface area contributed by atoms with Crippen LogP contribution in [0, 0.1) is 18.3 Å². The first-order chi connectivity index (χ1) is 12.4. The molecule has 2 aromatic rings. The van der Waals surface area contributed by atoms with Gasteiger partial charge in [0.2, 0.25) is 0 Å². The highest BCUT2D eigenvalue weighted by molar-refractivity contribution is 5.70. The average Bonchev–Trinajstić information content (AvgIpc) is 2.61. The van der Waals surface area contributed by atoms with Crippen LogP contribution in [0.1, 0.15) is 49.3 Å². The van der Waals surface area contributed by atoms with Gasteiger partial charge in [-0.2, -0.15) is 5.26 Å². The van der Waals surface area contributed by atoms with Gasteiger partial charge in [-0.3, -0.25) is 0 Å². The van der Waals surface area contributed by atoms with Crippen molar-refractivity contribution in [2.24, 2.45) is 0 Å². The second kappa shape index (κ2) is 7.35. The van der Waals surface area contributed by atoms with Crippen LogP contribution in [0.25, 0.3) is 11.3 Å². The van der Waals surface area contributed by atoms with Crippen LogP contribution in [0.3, 0.4) is 0 Å². The number of aromatic hydroxyl groups is 1. The predicted octanol–water partition coefficient (Wildman–Crippen LogP) is 3.80. The molecule has 0 bridgehead atoms. The Kier molecular flexibility index (Phi) is 5.15. The number of aryl methyl sites for hydroxylation is 1. The number of hydrogen-bond acceptors (Lipinski definition) is 5. The number of pyridine rings is 1. The third kappa shape index (κ3) is 3.51. The molecule has 0 spiro atoms. The Hall–Kier alpha value is -2.58. The first-order valence-electron chi connectivity index (χ1n) is 9.15. The molecule has 2 heterocycles. The molecule has 0 aliphatic carbocycles. The van der Waals surface area contributed by atoms with E-state index >= 15 is 0 Å². The zero-order valence-corrected chi connectivity index (χ0v) is 15.7. The Morgan fingerprint density at radius 1 is 1.27 bits per heavy atom. The van der Waals surface area contributed by atoms with E-state index in [4.69, 9.17) is 5.73 Å². The maximum Gasteiger partial charge on any atom is 0.142 e. The number of phenolic OH excluding ortho intramolecular Hbond substituents is 1. The van der Waals surface area contributed by atoms with Gasteiger partial charge in [0.1, 0.15) is 17.6 Å². The van der Waals surface area contributed by atoms with Gasteiger partial charge in [-0.05, 0) is 88.0 Å². The Labute approximate surface area is 155 Å². The summed E-state index contributed by atoms with van der Waals surface area (Å²) < 4.78 is 0. The molecule has 0 atom stereocenters. The van der Waals surface area contributed by atoms with E-state index in [0.717, 1.165) is 48.3 Å². The number of nitrogens with two attached hydrogens (primary N) is 1. The molecular formula is C21H26N4O. The summed E-state index contributed by atoms with van der Waals surface area (Å²) in [5.41, 5.74) is 10.3. The van der Waals surface area contributed by atoms with Crippen molar-refractivity contribution in [1.82, 2.24) is 9.88 Å². The number of likely N-dealkylation sites (tertiary alicyclic amines) is 1. The minimum absolute atomic E-state index is 0.231. The zero-order valence-electron chi connectivity index (χ0n) is 15.7. The molecule has 0 radical (unpaired) electrons. The number of nitriles is 1. The molecular weight excluding hydrogens is 324 g/mol. The largest absolute Gasteiger partial charge is 0.508 e. The van der Waals surface area contributed by atoms with Crippen molar-refractivity contribution in [2.75, 3.05) is 18.8 Å². The third-order valence-electron chi connectivity index (χ3n) is 5.38. The molecule has 1 saturated heterocycles. The molecule has 3 rings (SSSR count). The summed E-state index contributed by atoms with van der Waals surface area (Å²) in [6.07, 6.45) is 2.04. The lowest BCUT2D eigenvalue weighted by atomic mass is 9.85. The minimum Gasteiger partial charge on any atom is -0.508 e. The number of piperidine rings is 1. The molecule has 5 heteroatoms. The van der Waals surface area contributed by atoms with E-state index < -0.39 is 0 Å². The molecule has 26 heavy (non-hydrogen) atoms. The first-order valence-corrected chi connectivity index (χ1v) is 9.15. The standard InChI is InChI=1S/C21H26N4O/c1-13(2)25-8-6-15(7-9-25)18-11-20(24-21(23)19(18)12-22)17-5-4-16(26)10-14(17)3/h4-5,10-11,13,15,26H,6-9H2,1-3H3,(H2,23,24). The molecule has 3 N–H and O–H groups in total.